The topological polar surface area (TPSA) is 175 Å². The zero-order valence-electron chi connectivity index (χ0n) is 50.4. The van der Waals surface area contributed by atoms with Crippen molar-refractivity contribution in [2.24, 2.45) is 0 Å². The lowest BCUT2D eigenvalue weighted by Crippen LogP contribution is -2.61. The SMILES string of the molecule is CC/C=C\C/C=C\C/C=C\C/C=C\CCCCC(=O)OC(COC(=O)CCCCCCCCCCC/C=C\CCCCCCCC)COC1OC(C(=O)O)C(O)C(O)C1OC(=O)CCCCCCCCCCCCCCCCC. The highest BCUT2D eigenvalue weighted by Gasteiger charge is 2.50. The van der Waals surface area contributed by atoms with E-state index in [1.807, 2.05) is 0 Å². The molecule has 3 N–H and O–H groups in total. The third kappa shape index (κ3) is 44.7. The van der Waals surface area contributed by atoms with Gasteiger partial charge in [0.2, 0.25) is 0 Å². The molecule has 456 valence electrons. The van der Waals surface area contributed by atoms with Crippen LogP contribution in [-0.4, -0.2) is 89.2 Å². The number of aliphatic hydroxyl groups is 2. The van der Waals surface area contributed by atoms with Gasteiger partial charge < -0.3 is 39.0 Å². The monoisotopic (exact) mass is 1110 g/mol. The van der Waals surface area contributed by atoms with Gasteiger partial charge in [-0.05, 0) is 83.5 Å². The standard InChI is InChI=1S/C67H116O12/c1-4-7-10-13-16-19-22-25-28-29-30-31-34-35-38-41-44-47-50-53-59(68)75-56-58(77-60(69)54-51-48-45-42-39-36-32-26-23-20-17-14-11-8-5-2)57-76-67-65(63(72)62(71)64(79-67)66(73)74)78-61(70)55-52-49-46-43-40-37-33-27-24-21-18-15-12-9-6-3/h8,11,17,20,25-26,28,32,39,42,58,62-65,67,71-72H,4-7,9-10,12-16,18-19,21-24,27,29-31,33-38,40-41,43-57H2,1-3H3,(H,73,74)/b11-8-,20-17-,28-25-,32-26-,42-39-. The van der Waals surface area contributed by atoms with Crippen molar-refractivity contribution in [3.8, 4) is 0 Å². The fraction of sp³-hybridized carbons (Fsp3) is 0.791. The van der Waals surface area contributed by atoms with E-state index in [-0.39, 0.29) is 25.9 Å². The number of unbranched alkanes of at least 4 members (excludes halogenated alkanes) is 31. The average molecular weight is 1110 g/mol. The van der Waals surface area contributed by atoms with Crippen molar-refractivity contribution in [1.82, 2.24) is 0 Å². The molecule has 0 spiro atoms. The van der Waals surface area contributed by atoms with E-state index in [0.717, 1.165) is 83.5 Å². The van der Waals surface area contributed by atoms with E-state index < -0.39 is 67.3 Å². The molecule has 0 amide bonds. The van der Waals surface area contributed by atoms with Crippen molar-refractivity contribution >= 4 is 23.9 Å². The van der Waals surface area contributed by atoms with Gasteiger partial charge in [-0.3, -0.25) is 14.4 Å². The second kappa shape index (κ2) is 55.0. The van der Waals surface area contributed by atoms with Gasteiger partial charge in [0.15, 0.2) is 24.6 Å². The molecule has 0 aromatic rings. The van der Waals surface area contributed by atoms with E-state index >= 15 is 0 Å². The molecule has 0 bridgehead atoms. The Morgan fingerprint density at radius 2 is 0.797 bits per heavy atom. The molecule has 6 atom stereocenters. The van der Waals surface area contributed by atoms with Crippen LogP contribution in [0.2, 0.25) is 0 Å². The number of ether oxygens (including phenoxy) is 5. The second-order valence-corrected chi connectivity index (χ2v) is 22.0. The second-order valence-electron chi connectivity index (χ2n) is 22.0. The molecule has 0 aromatic heterocycles. The molecule has 12 nitrogen and oxygen atoms in total. The molecule has 1 aliphatic rings. The predicted molar refractivity (Wildman–Crippen MR) is 322 cm³/mol. The lowest BCUT2D eigenvalue weighted by molar-refractivity contribution is -0.301. The van der Waals surface area contributed by atoms with E-state index in [2.05, 4.69) is 81.5 Å². The highest BCUT2D eigenvalue weighted by Crippen LogP contribution is 2.27. The smallest absolute Gasteiger partial charge is 0.335 e. The third-order valence-corrected chi connectivity index (χ3v) is 14.6. The van der Waals surface area contributed by atoms with Gasteiger partial charge in [0.25, 0.3) is 0 Å². The maximum atomic E-state index is 13.2. The summed E-state index contributed by atoms with van der Waals surface area (Å²) in [6.45, 7) is 5.87. The first-order chi connectivity index (χ1) is 38.6. The zero-order chi connectivity index (χ0) is 57.5. The van der Waals surface area contributed by atoms with Crippen molar-refractivity contribution in [3.63, 3.8) is 0 Å². The van der Waals surface area contributed by atoms with E-state index in [4.69, 9.17) is 23.7 Å². The third-order valence-electron chi connectivity index (χ3n) is 14.6. The molecule has 1 rings (SSSR count). The molecule has 0 radical (unpaired) electrons. The minimum atomic E-state index is -1.91. The number of aliphatic hydroxyl groups excluding tert-OH is 2. The summed E-state index contributed by atoms with van der Waals surface area (Å²) in [6.07, 6.45) is 56.2. The number of hydrogen-bond donors (Lipinski definition) is 3. The van der Waals surface area contributed by atoms with Crippen LogP contribution in [-0.2, 0) is 42.9 Å². The minimum Gasteiger partial charge on any atom is -0.479 e. The molecule has 0 aromatic carbocycles. The lowest BCUT2D eigenvalue weighted by Gasteiger charge is -2.40. The molecule has 0 aliphatic carbocycles. The van der Waals surface area contributed by atoms with Gasteiger partial charge in [-0.15, -0.1) is 0 Å². The van der Waals surface area contributed by atoms with E-state index in [9.17, 15) is 34.5 Å². The van der Waals surface area contributed by atoms with E-state index in [0.29, 0.717) is 19.3 Å². The molecular weight excluding hydrogens is 997 g/mol. The summed E-state index contributed by atoms with van der Waals surface area (Å²) in [5.41, 5.74) is 0. The molecule has 1 fully saturated rings. The van der Waals surface area contributed by atoms with Crippen LogP contribution < -0.4 is 0 Å². The summed E-state index contributed by atoms with van der Waals surface area (Å²) < 4.78 is 28.5. The Morgan fingerprint density at radius 3 is 1.25 bits per heavy atom. The molecule has 79 heavy (non-hydrogen) atoms. The Labute approximate surface area is 481 Å². The first-order valence-electron chi connectivity index (χ1n) is 32.3. The number of carbonyl (C=O) groups excluding carboxylic acids is 3. The summed E-state index contributed by atoms with van der Waals surface area (Å²) >= 11 is 0. The lowest BCUT2D eigenvalue weighted by atomic mass is 9.98. The van der Waals surface area contributed by atoms with Crippen LogP contribution in [0.1, 0.15) is 290 Å². The molecule has 6 unspecified atom stereocenters. The summed E-state index contributed by atoms with van der Waals surface area (Å²) in [5.74, 6) is -3.16. The van der Waals surface area contributed by atoms with Gasteiger partial charge in [0, 0.05) is 19.3 Å². The summed E-state index contributed by atoms with van der Waals surface area (Å²) in [4.78, 5) is 51.3. The Bertz CT molecular complexity index is 1600. The maximum absolute atomic E-state index is 13.2. The summed E-state index contributed by atoms with van der Waals surface area (Å²) in [6, 6.07) is 0. The fourth-order valence-corrected chi connectivity index (χ4v) is 9.65. The molecule has 1 saturated heterocycles. The van der Waals surface area contributed by atoms with Gasteiger partial charge in [-0.25, -0.2) is 4.79 Å². The Hall–Kier alpha value is -3.58. The zero-order valence-corrected chi connectivity index (χ0v) is 50.4. The van der Waals surface area contributed by atoms with Gasteiger partial charge in [-0.1, -0.05) is 248 Å². The van der Waals surface area contributed by atoms with Crippen molar-refractivity contribution in [3.05, 3.63) is 60.8 Å². The van der Waals surface area contributed by atoms with Crippen LogP contribution in [0.3, 0.4) is 0 Å². The van der Waals surface area contributed by atoms with Gasteiger partial charge in [0.05, 0.1) is 6.61 Å². The van der Waals surface area contributed by atoms with Gasteiger partial charge >= 0.3 is 23.9 Å². The van der Waals surface area contributed by atoms with Crippen LogP contribution in [0.15, 0.2) is 60.8 Å². The number of carboxylic acid groups (broad SMARTS) is 1. The van der Waals surface area contributed by atoms with Crippen LogP contribution in [0, 0.1) is 0 Å². The van der Waals surface area contributed by atoms with Gasteiger partial charge in [0.1, 0.15) is 18.8 Å². The number of allylic oxidation sites excluding steroid dienone is 10. The van der Waals surface area contributed by atoms with Crippen LogP contribution in [0.25, 0.3) is 0 Å². The first-order valence-corrected chi connectivity index (χ1v) is 32.3. The Balaban J connectivity index is 2.67. The normalized spacial score (nSPS) is 18.2. The molecule has 1 heterocycles. The molecule has 0 saturated carbocycles. The largest absolute Gasteiger partial charge is 0.479 e. The predicted octanol–water partition coefficient (Wildman–Crippen LogP) is 17.1. The number of esters is 3. The minimum absolute atomic E-state index is 0.0583. The number of rotatable bonds is 55. The summed E-state index contributed by atoms with van der Waals surface area (Å²) in [5, 5.41) is 31.6. The van der Waals surface area contributed by atoms with E-state index in [1.54, 1.807) is 0 Å². The van der Waals surface area contributed by atoms with Crippen LogP contribution in [0.4, 0.5) is 0 Å². The van der Waals surface area contributed by atoms with Crippen LogP contribution >= 0.6 is 0 Å². The number of aliphatic carboxylic acids is 1. The highest BCUT2D eigenvalue weighted by atomic mass is 16.7. The van der Waals surface area contributed by atoms with Crippen molar-refractivity contribution in [1.29, 1.82) is 0 Å². The van der Waals surface area contributed by atoms with Crippen molar-refractivity contribution in [2.75, 3.05) is 13.2 Å². The van der Waals surface area contributed by atoms with E-state index in [1.165, 1.54) is 148 Å². The molecule has 1 aliphatic heterocycles. The van der Waals surface area contributed by atoms with Crippen molar-refractivity contribution in [2.45, 2.75) is 327 Å². The number of hydrogen-bond acceptors (Lipinski definition) is 11. The Morgan fingerprint density at radius 1 is 0.430 bits per heavy atom. The number of carbonyl (C=O) groups is 4. The fourth-order valence-electron chi connectivity index (χ4n) is 9.65. The Kier molecular flexibility index (Phi) is 51.1. The average Bonchev–Trinajstić information content (AvgIpc) is 3.46. The summed E-state index contributed by atoms with van der Waals surface area (Å²) in [7, 11) is 0. The number of carboxylic acids is 1. The van der Waals surface area contributed by atoms with Gasteiger partial charge in [-0.2, -0.15) is 0 Å². The first kappa shape index (κ1) is 73.4. The maximum Gasteiger partial charge on any atom is 0.335 e. The van der Waals surface area contributed by atoms with Crippen LogP contribution in [0.5, 0.6) is 0 Å². The van der Waals surface area contributed by atoms with Crippen molar-refractivity contribution < 1.29 is 58.2 Å². The molecular formula is C67H116O12. The molecule has 12 heteroatoms. The quantitative estimate of drug-likeness (QED) is 0.0228. The highest BCUT2D eigenvalue weighted by molar-refractivity contribution is 5.74.